The fraction of sp³-hybridized carbons (Fsp3) is 0.250. The lowest BCUT2D eigenvalue weighted by Gasteiger charge is -2.11. The van der Waals surface area contributed by atoms with Crippen molar-refractivity contribution in [1.82, 2.24) is 20.0 Å². The van der Waals surface area contributed by atoms with Gasteiger partial charge in [0.15, 0.2) is 5.65 Å². The highest BCUT2D eigenvalue weighted by atomic mass is 16.1. The second kappa shape index (κ2) is 8.66. The van der Waals surface area contributed by atoms with Crippen molar-refractivity contribution in [1.29, 1.82) is 0 Å². The lowest BCUT2D eigenvalue weighted by atomic mass is 10.2. The van der Waals surface area contributed by atoms with E-state index < -0.39 is 0 Å². The van der Waals surface area contributed by atoms with E-state index in [9.17, 15) is 4.79 Å². The second-order valence-electron chi connectivity index (χ2n) is 8.29. The fourth-order valence-electron chi connectivity index (χ4n) is 3.36. The van der Waals surface area contributed by atoms with Gasteiger partial charge in [0.1, 0.15) is 16.9 Å². The van der Waals surface area contributed by atoms with Crippen molar-refractivity contribution in [2.24, 2.45) is 11.0 Å². The number of nitrogens with zero attached hydrogens (tertiary/aromatic N) is 5. The Morgan fingerprint density at radius 3 is 2.41 bits per heavy atom. The molecule has 0 bridgehead atoms. The van der Waals surface area contributed by atoms with E-state index in [1.54, 1.807) is 6.21 Å². The molecular weight excluding hydrogens is 402 g/mol. The highest BCUT2D eigenvalue weighted by molar-refractivity contribution is 6.10. The molecule has 0 spiro atoms. The summed E-state index contributed by atoms with van der Waals surface area (Å²) in [6.07, 6.45) is 1.70. The minimum absolute atomic E-state index is 0.206. The van der Waals surface area contributed by atoms with E-state index in [4.69, 9.17) is 10.7 Å². The van der Waals surface area contributed by atoms with Gasteiger partial charge in [0.05, 0.1) is 17.2 Å². The SMILES string of the molecule is CC(C)CNC(=O)c1c(N)n(/N=C/c2ccc(N(C)C)cc2)c2nc3ccccc3nc12. The molecule has 8 heteroatoms. The lowest BCUT2D eigenvalue weighted by Crippen LogP contribution is -2.28. The van der Waals surface area contributed by atoms with Crippen LogP contribution in [0.15, 0.2) is 53.6 Å². The standard InChI is InChI=1S/C24H27N7O/c1-15(2)13-26-24(32)20-21-23(29-19-8-6-5-7-18(19)28-21)31(22(20)25)27-14-16-9-11-17(12-10-16)30(3)4/h5-12,14-15H,13,25H2,1-4H3,(H,26,32)/b27-14+. The third-order valence-corrected chi connectivity index (χ3v) is 5.10. The number of carbonyl (C=O) groups excluding carboxylic acids is 1. The van der Waals surface area contributed by atoms with Gasteiger partial charge in [-0.15, -0.1) is 0 Å². The summed E-state index contributed by atoms with van der Waals surface area (Å²) in [7, 11) is 3.98. The van der Waals surface area contributed by atoms with Crippen LogP contribution in [0, 0.1) is 5.92 Å². The van der Waals surface area contributed by atoms with Gasteiger partial charge in [-0.25, -0.2) is 9.97 Å². The Hall–Kier alpha value is -3.94. The number of fused-ring (bicyclic) bond motifs is 2. The minimum Gasteiger partial charge on any atom is -0.383 e. The zero-order valence-electron chi connectivity index (χ0n) is 18.7. The van der Waals surface area contributed by atoms with Crippen LogP contribution in [0.2, 0.25) is 0 Å². The number of anilines is 2. The number of rotatable bonds is 6. The molecule has 2 aromatic carbocycles. The van der Waals surface area contributed by atoms with Gasteiger partial charge in [-0.1, -0.05) is 38.1 Å². The van der Waals surface area contributed by atoms with E-state index in [-0.39, 0.29) is 11.7 Å². The van der Waals surface area contributed by atoms with Crippen LogP contribution in [0.5, 0.6) is 0 Å². The Kier molecular flexibility index (Phi) is 5.77. The first-order valence-corrected chi connectivity index (χ1v) is 10.5. The first-order valence-electron chi connectivity index (χ1n) is 10.5. The molecule has 164 valence electrons. The highest BCUT2D eigenvalue weighted by Gasteiger charge is 2.24. The Balaban J connectivity index is 1.82. The predicted octanol–water partition coefficient (Wildman–Crippen LogP) is 3.50. The molecule has 0 fully saturated rings. The Bertz CT molecular complexity index is 1300. The molecule has 4 aromatic rings. The second-order valence-corrected chi connectivity index (χ2v) is 8.29. The first-order chi connectivity index (χ1) is 15.3. The van der Waals surface area contributed by atoms with Gasteiger partial charge in [-0.3, -0.25) is 4.79 Å². The Labute approximate surface area is 186 Å². The molecule has 4 rings (SSSR count). The van der Waals surface area contributed by atoms with E-state index in [1.807, 2.05) is 81.4 Å². The minimum atomic E-state index is -0.282. The molecule has 0 saturated heterocycles. The number of aromatic nitrogens is 3. The van der Waals surface area contributed by atoms with Crippen LogP contribution in [0.25, 0.3) is 22.2 Å². The molecular formula is C24H27N7O. The van der Waals surface area contributed by atoms with Crippen LogP contribution in [-0.4, -0.2) is 47.4 Å². The number of nitrogens with two attached hydrogens (primary N) is 1. The Morgan fingerprint density at radius 1 is 1.12 bits per heavy atom. The van der Waals surface area contributed by atoms with Crippen molar-refractivity contribution in [3.8, 4) is 0 Å². The summed E-state index contributed by atoms with van der Waals surface area (Å²) in [6, 6.07) is 15.5. The average molecular weight is 430 g/mol. The molecule has 3 N–H and O–H groups in total. The van der Waals surface area contributed by atoms with E-state index in [2.05, 4.69) is 15.4 Å². The average Bonchev–Trinajstić information content (AvgIpc) is 3.04. The summed E-state index contributed by atoms with van der Waals surface area (Å²) in [5.74, 6) is 0.233. The first kappa shape index (κ1) is 21.3. The molecule has 0 saturated carbocycles. The van der Waals surface area contributed by atoms with E-state index in [0.29, 0.717) is 40.2 Å². The zero-order valence-corrected chi connectivity index (χ0v) is 18.7. The van der Waals surface area contributed by atoms with Crippen molar-refractivity contribution in [2.75, 3.05) is 31.3 Å². The summed E-state index contributed by atoms with van der Waals surface area (Å²) in [5.41, 5.74) is 11.0. The maximum Gasteiger partial charge on any atom is 0.257 e. The monoisotopic (exact) mass is 429 g/mol. The third-order valence-electron chi connectivity index (χ3n) is 5.10. The summed E-state index contributed by atoms with van der Waals surface area (Å²) in [6.45, 7) is 4.60. The topological polar surface area (TPSA) is 101 Å². The lowest BCUT2D eigenvalue weighted by molar-refractivity contribution is 0.0951. The number of para-hydroxylation sites is 2. The van der Waals surface area contributed by atoms with Crippen molar-refractivity contribution in [2.45, 2.75) is 13.8 Å². The molecule has 0 radical (unpaired) electrons. The molecule has 0 aliphatic carbocycles. The number of nitrogen functional groups attached to an aromatic ring is 1. The molecule has 0 unspecified atom stereocenters. The van der Waals surface area contributed by atoms with Crippen LogP contribution in [0.1, 0.15) is 29.8 Å². The molecule has 0 aliphatic rings. The van der Waals surface area contributed by atoms with Gasteiger partial charge >= 0.3 is 0 Å². The number of hydrogen-bond donors (Lipinski definition) is 2. The van der Waals surface area contributed by atoms with Crippen LogP contribution in [0.4, 0.5) is 11.5 Å². The molecule has 1 amide bonds. The number of nitrogens with one attached hydrogen (secondary N) is 1. The van der Waals surface area contributed by atoms with Crippen LogP contribution < -0.4 is 16.0 Å². The molecule has 2 heterocycles. The fourth-order valence-corrected chi connectivity index (χ4v) is 3.36. The molecule has 0 atom stereocenters. The summed E-state index contributed by atoms with van der Waals surface area (Å²) >= 11 is 0. The number of amides is 1. The van der Waals surface area contributed by atoms with Gasteiger partial charge in [-0.2, -0.15) is 9.78 Å². The third kappa shape index (κ3) is 4.12. The van der Waals surface area contributed by atoms with Crippen molar-refractivity contribution in [3.63, 3.8) is 0 Å². The normalized spacial score (nSPS) is 11.7. The van der Waals surface area contributed by atoms with E-state index in [1.165, 1.54) is 4.68 Å². The summed E-state index contributed by atoms with van der Waals surface area (Å²) < 4.78 is 1.49. The largest absolute Gasteiger partial charge is 0.383 e. The molecule has 2 aromatic heterocycles. The van der Waals surface area contributed by atoms with Crippen LogP contribution >= 0.6 is 0 Å². The summed E-state index contributed by atoms with van der Waals surface area (Å²) in [5, 5.41) is 7.48. The van der Waals surface area contributed by atoms with Gasteiger partial charge in [0, 0.05) is 26.3 Å². The Morgan fingerprint density at radius 2 is 1.78 bits per heavy atom. The van der Waals surface area contributed by atoms with Crippen molar-refractivity contribution in [3.05, 3.63) is 59.7 Å². The molecule has 32 heavy (non-hydrogen) atoms. The smallest absolute Gasteiger partial charge is 0.257 e. The number of benzene rings is 2. The molecule has 0 aliphatic heterocycles. The van der Waals surface area contributed by atoms with E-state index >= 15 is 0 Å². The van der Waals surface area contributed by atoms with Gasteiger partial charge in [-0.05, 0) is 35.7 Å². The van der Waals surface area contributed by atoms with Gasteiger partial charge in [0.2, 0.25) is 0 Å². The van der Waals surface area contributed by atoms with E-state index in [0.717, 1.165) is 11.3 Å². The predicted molar refractivity (Wildman–Crippen MR) is 130 cm³/mol. The maximum atomic E-state index is 13.0. The van der Waals surface area contributed by atoms with Crippen molar-refractivity contribution >= 4 is 45.8 Å². The maximum absolute atomic E-state index is 13.0. The zero-order chi connectivity index (χ0) is 22.8. The molecule has 8 nitrogen and oxygen atoms in total. The van der Waals surface area contributed by atoms with Gasteiger partial charge in [0.25, 0.3) is 5.91 Å². The van der Waals surface area contributed by atoms with Gasteiger partial charge < -0.3 is 16.0 Å². The number of hydrogen-bond acceptors (Lipinski definition) is 6. The summed E-state index contributed by atoms with van der Waals surface area (Å²) in [4.78, 5) is 24.4. The highest BCUT2D eigenvalue weighted by Crippen LogP contribution is 2.28. The quantitative estimate of drug-likeness (QED) is 0.457. The number of carbonyl (C=O) groups is 1. The van der Waals surface area contributed by atoms with Crippen molar-refractivity contribution < 1.29 is 4.79 Å². The van der Waals surface area contributed by atoms with Crippen LogP contribution in [-0.2, 0) is 0 Å². The van der Waals surface area contributed by atoms with Crippen LogP contribution in [0.3, 0.4) is 0 Å².